The summed E-state index contributed by atoms with van der Waals surface area (Å²) in [6.07, 6.45) is -3.24. The lowest BCUT2D eigenvalue weighted by atomic mass is 10.2. The van der Waals surface area contributed by atoms with Crippen LogP contribution in [0.2, 0.25) is 0 Å². The van der Waals surface area contributed by atoms with E-state index in [4.69, 9.17) is 0 Å². The van der Waals surface area contributed by atoms with Crippen LogP contribution in [0.25, 0.3) is 11.3 Å². The zero-order valence-corrected chi connectivity index (χ0v) is 10.6. The molecule has 2 rings (SSSR count). The van der Waals surface area contributed by atoms with Crippen molar-refractivity contribution in [2.45, 2.75) is 13.1 Å². The SMILES string of the molecule is CCOC=O.FC(F)(F)c1ncc(-c2ccccc2)[nH]1. The Labute approximate surface area is 113 Å². The molecule has 0 aliphatic carbocycles. The van der Waals surface area contributed by atoms with Gasteiger partial charge in [0.15, 0.2) is 0 Å². The molecule has 0 unspecified atom stereocenters. The fourth-order valence-electron chi connectivity index (χ4n) is 1.30. The highest BCUT2D eigenvalue weighted by Crippen LogP contribution is 2.28. The van der Waals surface area contributed by atoms with Crippen LogP contribution in [0.5, 0.6) is 0 Å². The van der Waals surface area contributed by atoms with Gasteiger partial charge in [-0.3, -0.25) is 4.79 Å². The van der Waals surface area contributed by atoms with Crippen LogP contribution >= 0.6 is 0 Å². The fourth-order valence-corrected chi connectivity index (χ4v) is 1.30. The van der Waals surface area contributed by atoms with E-state index in [0.29, 0.717) is 24.3 Å². The van der Waals surface area contributed by atoms with Gasteiger partial charge in [-0.2, -0.15) is 13.2 Å². The lowest BCUT2D eigenvalue weighted by Gasteiger charge is -2.00. The maximum atomic E-state index is 12.2. The molecule has 0 aliphatic heterocycles. The molecule has 2 aromatic rings. The quantitative estimate of drug-likeness (QED) is 0.881. The number of nitrogens with one attached hydrogen (secondary N) is 1. The molecule has 0 aliphatic rings. The lowest BCUT2D eigenvalue weighted by molar-refractivity contribution is -0.144. The van der Waals surface area contributed by atoms with Crippen LogP contribution in [-0.2, 0) is 15.7 Å². The Hall–Kier alpha value is -2.31. The molecule has 1 N–H and O–H groups in total. The number of aromatic nitrogens is 2. The minimum absolute atomic E-state index is 0.364. The molecular formula is C13H13F3N2O2. The van der Waals surface area contributed by atoms with Crippen molar-refractivity contribution in [3.63, 3.8) is 0 Å². The predicted molar refractivity (Wildman–Crippen MR) is 66.7 cm³/mol. The van der Waals surface area contributed by atoms with Crippen LogP contribution in [0.4, 0.5) is 13.2 Å². The Morgan fingerprint density at radius 2 is 1.95 bits per heavy atom. The summed E-state index contributed by atoms with van der Waals surface area (Å²) in [6.45, 7) is 2.66. The highest BCUT2D eigenvalue weighted by molar-refractivity contribution is 5.58. The second-order valence-corrected chi connectivity index (χ2v) is 3.56. The molecule has 0 bridgehead atoms. The molecule has 0 radical (unpaired) electrons. The molecular weight excluding hydrogens is 273 g/mol. The van der Waals surface area contributed by atoms with Gasteiger partial charge < -0.3 is 9.72 Å². The van der Waals surface area contributed by atoms with Crippen LogP contribution in [0.1, 0.15) is 12.7 Å². The van der Waals surface area contributed by atoms with Crippen molar-refractivity contribution in [2.75, 3.05) is 6.61 Å². The Morgan fingerprint density at radius 1 is 1.30 bits per heavy atom. The monoisotopic (exact) mass is 286 g/mol. The third-order valence-corrected chi connectivity index (χ3v) is 2.16. The van der Waals surface area contributed by atoms with Crippen LogP contribution < -0.4 is 0 Å². The number of H-pyrrole nitrogens is 1. The van der Waals surface area contributed by atoms with Gasteiger partial charge in [0.05, 0.1) is 18.5 Å². The summed E-state index contributed by atoms with van der Waals surface area (Å²) >= 11 is 0. The van der Waals surface area contributed by atoms with Crippen molar-refractivity contribution in [2.24, 2.45) is 0 Å². The van der Waals surface area contributed by atoms with E-state index in [1.807, 2.05) is 0 Å². The molecule has 7 heteroatoms. The number of ether oxygens (including phenoxy) is 1. The van der Waals surface area contributed by atoms with Crippen molar-refractivity contribution in [3.05, 3.63) is 42.4 Å². The van der Waals surface area contributed by atoms with Crippen molar-refractivity contribution >= 4 is 6.47 Å². The summed E-state index contributed by atoms with van der Waals surface area (Å²) in [6, 6.07) is 8.73. The van der Waals surface area contributed by atoms with E-state index in [1.54, 1.807) is 37.3 Å². The average Bonchev–Trinajstić information content (AvgIpc) is 2.91. The number of carbonyl (C=O) groups excluding carboxylic acids is 1. The summed E-state index contributed by atoms with van der Waals surface area (Å²) < 4.78 is 40.8. The first-order chi connectivity index (χ1) is 9.49. The summed E-state index contributed by atoms with van der Waals surface area (Å²) in [7, 11) is 0. The number of rotatable bonds is 3. The van der Waals surface area contributed by atoms with E-state index in [0.717, 1.165) is 0 Å². The van der Waals surface area contributed by atoms with E-state index in [1.165, 1.54) is 6.20 Å². The Morgan fingerprint density at radius 3 is 2.35 bits per heavy atom. The van der Waals surface area contributed by atoms with Gasteiger partial charge in [0, 0.05) is 0 Å². The molecule has 108 valence electrons. The van der Waals surface area contributed by atoms with Crippen LogP contribution in [0, 0.1) is 0 Å². The minimum Gasteiger partial charge on any atom is -0.468 e. The van der Waals surface area contributed by atoms with E-state index in [-0.39, 0.29) is 0 Å². The van der Waals surface area contributed by atoms with Crippen LogP contribution in [0.3, 0.4) is 0 Å². The average molecular weight is 286 g/mol. The van der Waals surface area contributed by atoms with Gasteiger partial charge in [0.2, 0.25) is 5.82 Å². The van der Waals surface area contributed by atoms with Crippen molar-refractivity contribution in [1.29, 1.82) is 0 Å². The molecule has 0 amide bonds. The number of aromatic amines is 1. The molecule has 0 saturated carbocycles. The van der Waals surface area contributed by atoms with Gasteiger partial charge in [0.25, 0.3) is 6.47 Å². The third-order valence-electron chi connectivity index (χ3n) is 2.16. The van der Waals surface area contributed by atoms with E-state index in [2.05, 4.69) is 14.7 Å². The number of carbonyl (C=O) groups is 1. The second kappa shape index (κ2) is 7.32. The van der Waals surface area contributed by atoms with E-state index >= 15 is 0 Å². The smallest absolute Gasteiger partial charge is 0.449 e. The van der Waals surface area contributed by atoms with Gasteiger partial charge in [-0.25, -0.2) is 4.98 Å². The van der Waals surface area contributed by atoms with Gasteiger partial charge in [-0.05, 0) is 12.5 Å². The first-order valence-electron chi connectivity index (χ1n) is 5.72. The highest BCUT2D eigenvalue weighted by atomic mass is 19.4. The summed E-state index contributed by atoms with van der Waals surface area (Å²) in [5, 5.41) is 0. The number of alkyl halides is 3. The van der Waals surface area contributed by atoms with Gasteiger partial charge >= 0.3 is 6.18 Å². The molecule has 1 heterocycles. The third kappa shape index (κ3) is 4.75. The van der Waals surface area contributed by atoms with Crippen molar-refractivity contribution < 1.29 is 22.7 Å². The predicted octanol–water partition coefficient (Wildman–Crippen LogP) is 3.27. The molecule has 1 aromatic heterocycles. The van der Waals surface area contributed by atoms with Gasteiger partial charge in [0.1, 0.15) is 0 Å². The maximum absolute atomic E-state index is 12.2. The van der Waals surface area contributed by atoms with Crippen molar-refractivity contribution in [3.8, 4) is 11.3 Å². The summed E-state index contributed by atoms with van der Waals surface area (Å²) in [5.74, 6) is -0.971. The highest BCUT2D eigenvalue weighted by Gasteiger charge is 2.34. The summed E-state index contributed by atoms with van der Waals surface area (Å²) in [5.41, 5.74) is 1.04. The van der Waals surface area contributed by atoms with Gasteiger partial charge in [-0.1, -0.05) is 30.3 Å². The molecule has 0 fully saturated rings. The standard InChI is InChI=1S/C10H7F3N2.C3H6O2/c11-10(12,13)9-14-6-8(15-9)7-4-2-1-3-5-7;1-2-5-3-4/h1-6H,(H,14,15);3H,2H2,1H3. The van der Waals surface area contributed by atoms with Crippen LogP contribution in [0.15, 0.2) is 36.5 Å². The number of nitrogens with zero attached hydrogens (tertiary/aromatic N) is 1. The number of halogens is 3. The van der Waals surface area contributed by atoms with E-state index in [9.17, 15) is 18.0 Å². The fraction of sp³-hybridized carbons (Fsp3) is 0.231. The topological polar surface area (TPSA) is 55.0 Å². The first kappa shape index (κ1) is 15.7. The molecule has 0 spiro atoms. The molecule has 4 nitrogen and oxygen atoms in total. The zero-order valence-electron chi connectivity index (χ0n) is 10.6. The van der Waals surface area contributed by atoms with E-state index < -0.39 is 12.0 Å². The maximum Gasteiger partial charge on any atom is 0.449 e. The minimum atomic E-state index is -4.42. The second-order valence-electron chi connectivity index (χ2n) is 3.56. The number of hydrogen-bond acceptors (Lipinski definition) is 3. The molecule has 20 heavy (non-hydrogen) atoms. The Kier molecular flexibility index (Phi) is 5.76. The number of hydrogen-bond donors (Lipinski definition) is 1. The normalized spacial score (nSPS) is 10.4. The molecule has 0 saturated heterocycles. The van der Waals surface area contributed by atoms with Gasteiger partial charge in [-0.15, -0.1) is 0 Å². The largest absolute Gasteiger partial charge is 0.468 e. The lowest BCUT2D eigenvalue weighted by Crippen LogP contribution is -2.06. The Bertz CT molecular complexity index is 524. The van der Waals surface area contributed by atoms with Crippen molar-refractivity contribution in [1.82, 2.24) is 9.97 Å². The summed E-state index contributed by atoms with van der Waals surface area (Å²) in [4.78, 5) is 14.7. The molecule has 1 aromatic carbocycles. The molecule has 0 atom stereocenters. The first-order valence-corrected chi connectivity index (χ1v) is 5.72. The number of benzene rings is 1. The van der Waals surface area contributed by atoms with Crippen LogP contribution in [-0.4, -0.2) is 23.0 Å². The zero-order chi connectivity index (χ0) is 15.0. The Balaban J connectivity index is 0.000000347. The number of imidazole rings is 1.